The second-order valence-corrected chi connectivity index (χ2v) is 5.40. The Morgan fingerprint density at radius 1 is 1.29 bits per heavy atom. The molecule has 1 aromatic carbocycles. The highest BCUT2D eigenvalue weighted by Gasteiger charge is 2.19. The van der Waals surface area contributed by atoms with Crippen molar-refractivity contribution in [3.63, 3.8) is 0 Å². The van der Waals surface area contributed by atoms with Gasteiger partial charge >= 0.3 is 0 Å². The van der Waals surface area contributed by atoms with Gasteiger partial charge in [-0.3, -0.25) is 4.79 Å². The summed E-state index contributed by atoms with van der Waals surface area (Å²) in [6.45, 7) is 1.65. The number of nitrogens with one attached hydrogen (secondary N) is 3. The van der Waals surface area contributed by atoms with Gasteiger partial charge in [0.25, 0.3) is 0 Å². The molecule has 1 aromatic heterocycles. The number of amides is 1. The topological polar surface area (TPSA) is 56.9 Å². The van der Waals surface area contributed by atoms with Gasteiger partial charge in [-0.2, -0.15) is 0 Å². The maximum Gasteiger partial charge on any atom is 0.237 e. The van der Waals surface area contributed by atoms with E-state index in [1.54, 1.807) is 0 Å². The van der Waals surface area contributed by atoms with Gasteiger partial charge < -0.3 is 15.6 Å². The van der Waals surface area contributed by atoms with E-state index in [0.717, 1.165) is 31.3 Å². The number of aromatic nitrogens is 1. The molecule has 1 aliphatic rings. The van der Waals surface area contributed by atoms with Gasteiger partial charge in [0.1, 0.15) is 0 Å². The van der Waals surface area contributed by atoms with Crippen molar-refractivity contribution in [3.8, 4) is 0 Å². The Morgan fingerprint density at radius 3 is 2.95 bits per heavy atom. The van der Waals surface area contributed by atoms with Crippen molar-refractivity contribution in [2.24, 2.45) is 0 Å². The highest BCUT2D eigenvalue weighted by Crippen LogP contribution is 2.17. The van der Waals surface area contributed by atoms with Crippen LogP contribution in [0.3, 0.4) is 0 Å². The van der Waals surface area contributed by atoms with E-state index in [-0.39, 0.29) is 24.4 Å². The summed E-state index contributed by atoms with van der Waals surface area (Å²) in [5.74, 6) is 0.143. The number of carbonyl (C=O) groups excluding carboxylic acids is 1. The summed E-state index contributed by atoms with van der Waals surface area (Å²) < 4.78 is 0. The third-order valence-corrected chi connectivity index (χ3v) is 4.00. The van der Waals surface area contributed by atoms with Crippen LogP contribution in [0.15, 0.2) is 30.5 Å². The summed E-state index contributed by atoms with van der Waals surface area (Å²) in [5, 5.41) is 7.56. The van der Waals surface area contributed by atoms with Crippen LogP contribution < -0.4 is 10.6 Å². The molecule has 1 fully saturated rings. The molecule has 1 saturated heterocycles. The normalized spacial score (nSPS) is 18.2. The Morgan fingerprint density at radius 2 is 2.14 bits per heavy atom. The highest BCUT2D eigenvalue weighted by molar-refractivity contribution is 5.85. The molecule has 3 rings (SSSR count). The van der Waals surface area contributed by atoms with Crippen molar-refractivity contribution in [1.82, 2.24) is 15.6 Å². The number of carbonyl (C=O) groups is 1. The molecule has 0 radical (unpaired) electrons. The molecule has 2 aromatic rings. The smallest absolute Gasteiger partial charge is 0.237 e. The lowest BCUT2D eigenvalue weighted by Gasteiger charge is -2.22. The van der Waals surface area contributed by atoms with Gasteiger partial charge in [-0.1, -0.05) is 24.6 Å². The molecule has 2 heterocycles. The summed E-state index contributed by atoms with van der Waals surface area (Å²) in [6, 6.07) is 8.27. The summed E-state index contributed by atoms with van der Waals surface area (Å²) in [4.78, 5) is 15.3. The Bertz CT molecular complexity index is 590. The number of piperidine rings is 1. The SMILES string of the molecule is Cl.O=C(NCCc1c[nH]c2ccccc12)[C@H]1CCCCN1. The summed E-state index contributed by atoms with van der Waals surface area (Å²) >= 11 is 0. The van der Waals surface area contributed by atoms with Gasteiger partial charge in [0.05, 0.1) is 6.04 Å². The minimum Gasteiger partial charge on any atom is -0.361 e. The lowest BCUT2D eigenvalue weighted by Crippen LogP contribution is -2.47. The quantitative estimate of drug-likeness (QED) is 0.812. The Balaban J connectivity index is 0.00000161. The second-order valence-electron chi connectivity index (χ2n) is 5.40. The summed E-state index contributed by atoms with van der Waals surface area (Å²) in [5.41, 5.74) is 2.42. The molecule has 1 amide bonds. The van der Waals surface area contributed by atoms with Gasteiger partial charge in [0.2, 0.25) is 5.91 Å². The predicted octanol–water partition coefficient (Wildman–Crippen LogP) is 2.39. The fourth-order valence-corrected chi connectivity index (χ4v) is 2.86. The van der Waals surface area contributed by atoms with Crippen LogP contribution in [0.5, 0.6) is 0 Å². The average molecular weight is 308 g/mol. The minimum atomic E-state index is 0. The second kappa shape index (κ2) is 7.48. The number of aromatic amines is 1. The predicted molar refractivity (Wildman–Crippen MR) is 87.9 cm³/mol. The van der Waals surface area contributed by atoms with E-state index in [9.17, 15) is 4.79 Å². The molecular formula is C16H22ClN3O. The van der Waals surface area contributed by atoms with Crippen LogP contribution in [-0.2, 0) is 11.2 Å². The zero-order chi connectivity index (χ0) is 13.8. The highest BCUT2D eigenvalue weighted by atomic mass is 35.5. The molecular weight excluding hydrogens is 286 g/mol. The lowest BCUT2D eigenvalue weighted by atomic mass is 10.0. The van der Waals surface area contributed by atoms with E-state index >= 15 is 0 Å². The Kier molecular flexibility index (Phi) is 5.65. The molecule has 21 heavy (non-hydrogen) atoms. The van der Waals surface area contributed by atoms with Crippen molar-refractivity contribution in [3.05, 3.63) is 36.0 Å². The number of hydrogen-bond donors (Lipinski definition) is 3. The molecule has 3 N–H and O–H groups in total. The fraction of sp³-hybridized carbons (Fsp3) is 0.438. The van der Waals surface area contributed by atoms with E-state index in [0.29, 0.717) is 6.54 Å². The zero-order valence-electron chi connectivity index (χ0n) is 12.0. The van der Waals surface area contributed by atoms with Crippen LogP contribution >= 0.6 is 12.4 Å². The molecule has 0 bridgehead atoms. The maximum atomic E-state index is 12.0. The first-order chi connectivity index (χ1) is 9.84. The third-order valence-electron chi connectivity index (χ3n) is 4.00. The van der Waals surface area contributed by atoms with E-state index in [2.05, 4.69) is 27.8 Å². The number of hydrogen-bond acceptors (Lipinski definition) is 2. The van der Waals surface area contributed by atoms with Crippen molar-refractivity contribution in [2.45, 2.75) is 31.7 Å². The van der Waals surface area contributed by atoms with E-state index < -0.39 is 0 Å². The van der Waals surface area contributed by atoms with Gasteiger partial charge in [0, 0.05) is 23.6 Å². The van der Waals surface area contributed by atoms with Crippen LogP contribution in [-0.4, -0.2) is 30.0 Å². The monoisotopic (exact) mass is 307 g/mol. The third kappa shape index (κ3) is 3.77. The number of fused-ring (bicyclic) bond motifs is 1. The lowest BCUT2D eigenvalue weighted by molar-refractivity contribution is -0.123. The van der Waals surface area contributed by atoms with Crippen LogP contribution in [0.4, 0.5) is 0 Å². The van der Waals surface area contributed by atoms with Crippen molar-refractivity contribution >= 4 is 29.2 Å². The largest absolute Gasteiger partial charge is 0.361 e. The van der Waals surface area contributed by atoms with Crippen LogP contribution in [0.2, 0.25) is 0 Å². The van der Waals surface area contributed by atoms with E-state index in [4.69, 9.17) is 0 Å². The Labute approximate surface area is 131 Å². The van der Waals surface area contributed by atoms with Crippen molar-refractivity contribution in [2.75, 3.05) is 13.1 Å². The zero-order valence-corrected chi connectivity index (χ0v) is 12.8. The number of rotatable bonds is 4. The van der Waals surface area contributed by atoms with Crippen molar-refractivity contribution < 1.29 is 4.79 Å². The molecule has 1 atom stereocenters. The Hall–Kier alpha value is -1.52. The first-order valence-corrected chi connectivity index (χ1v) is 7.41. The minimum absolute atomic E-state index is 0. The molecule has 0 aliphatic carbocycles. The van der Waals surface area contributed by atoms with Gasteiger partial charge in [-0.05, 0) is 37.4 Å². The van der Waals surface area contributed by atoms with Crippen molar-refractivity contribution in [1.29, 1.82) is 0 Å². The number of benzene rings is 1. The summed E-state index contributed by atoms with van der Waals surface area (Å²) in [6.07, 6.45) is 6.18. The average Bonchev–Trinajstić information content (AvgIpc) is 2.92. The van der Waals surface area contributed by atoms with Crippen LogP contribution in [0.25, 0.3) is 10.9 Å². The maximum absolute atomic E-state index is 12.0. The molecule has 0 saturated carbocycles. The molecule has 0 spiro atoms. The fourth-order valence-electron chi connectivity index (χ4n) is 2.86. The first kappa shape index (κ1) is 15.9. The molecule has 0 unspecified atom stereocenters. The van der Waals surface area contributed by atoms with Gasteiger partial charge in [-0.15, -0.1) is 12.4 Å². The summed E-state index contributed by atoms with van der Waals surface area (Å²) in [7, 11) is 0. The van der Waals surface area contributed by atoms with Gasteiger partial charge in [-0.25, -0.2) is 0 Å². The molecule has 114 valence electrons. The van der Waals surface area contributed by atoms with E-state index in [1.165, 1.54) is 17.4 Å². The van der Waals surface area contributed by atoms with Gasteiger partial charge in [0.15, 0.2) is 0 Å². The van der Waals surface area contributed by atoms with E-state index in [1.807, 2.05) is 18.3 Å². The number of H-pyrrole nitrogens is 1. The number of halogens is 1. The van der Waals surface area contributed by atoms with Crippen LogP contribution in [0.1, 0.15) is 24.8 Å². The number of para-hydroxylation sites is 1. The molecule has 5 heteroatoms. The standard InChI is InChI=1S/C16H21N3O.ClH/c20-16(15-7-3-4-9-17-15)18-10-8-12-11-19-14-6-2-1-5-13(12)14;/h1-2,5-6,11,15,17,19H,3-4,7-10H2,(H,18,20);1H/t15-;/m1./s1. The molecule has 4 nitrogen and oxygen atoms in total. The first-order valence-electron chi connectivity index (χ1n) is 7.41. The van der Waals surface area contributed by atoms with Crippen LogP contribution in [0, 0.1) is 0 Å². The molecule has 1 aliphatic heterocycles.